The van der Waals surface area contributed by atoms with Crippen LogP contribution in [0.2, 0.25) is 0 Å². The SMILES string of the molecule is O=C(Nc1ccc(NC(=O)C2CC2)cc1C(F)(F)F)c1ccccc1F. The van der Waals surface area contributed by atoms with E-state index in [1.807, 2.05) is 0 Å². The minimum atomic E-state index is -4.77. The third-order valence-corrected chi connectivity index (χ3v) is 3.91. The van der Waals surface area contributed by atoms with E-state index >= 15 is 0 Å². The summed E-state index contributed by atoms with van der Waals surface area (Å²) in [6.45, 7) is 0. The maximum atomic E-state index is 13.6. The maximum Gasteiger partial charge on any atom is 0.418 e. The molecule has 2 amide bonds. The van der Waals surface area contributed by atoms with Crippen LogP contribution in [0, 0.1) is 11.7 Å². The van der Waals surface area contributed by atoms with Crippen LogP contribution < -0.4 is 10.6 Å². The van der Waals surface area contributed by atoms with Gasteiger partial charge in [0, 0.05) is 11.6 Å². The number of hydrogen-bond acceptors (Lipinski definition) is 2. The van der Waals surface area contributed by atoms with Gasteiger partial charge >= 0.3 is 6.18 Å². The van der Waals surface area contributed by atoms with Gasteiger partial charge in [-0.05, 0) is 43.2 Å². The highest BCUT2D eigenvalue weighted by atomic mass is 19.4. The minimum absolute atomic E-state index is 0.0156. The molecule has 1 fully saturated rings. The van der Waals surface area contributed by atoms with Crippen molar-refractivity contribution in [3.8, 4) is 0 Å². The van der Waals surface area contributed by atoms with Gasteiger partial charge in [-0.2, -0.15) is 13.2 Å². The summed E-state index contributed by atoms with van der Waals surface area (Å²) < 4.78 is 53.6. The van der Waals surface area contributed by atoms with E-state index in [-0.39, 0.29) is 23.1 Å². The Morgan fingerprint density at radius 2 is 1.69 bits per heavy atom. The Balaban J connectivity index is 1.87. The summed E-state index contributed by atoms with van der Waals surface area (Å²) in [6, 6.07) is 8.01. The number of benzene rings is 2. The van der Waals surface area contributed by atoms with Crippen LogP contribution in [0.4, 0.5) is 28.9 Å². The molecule has 136 valence electrons. The van der Waals surface area contributed by atoms with Crippen LogP contribution in [0.1, 0.15) is 28.8 Å². The van der Waals surface area contributed by atoms with Crippen LogP contribution in [-0.4, -0.2) is 11.8 Å². The van der Waals surface area contributed by atoms with Crippen molar-refractivity contribution >= 4 is 23.2 Å². The summed E-state index contributed by atoms with van der Waals surface area (Å²) in [5, 5.41) is 4.50. The molecule has 0 atom stereocenters. The number of anilines is 2. The lowest BCUT2D eigenvalue weighted by Crippen LogP contribution is -2.19. The zero-order valence-corrected chi connectivity index (χ0v) is 13.4. The van der Waals surface area contributed by atoms with E-state index in [4.69, 9.17) is 0 Å². The van der Waals surface area contributed by atoms with Crippen molar-refractivity contribution in [1.29, 1.82) is 0 Å². The van der Waals surface area contributed by atoms with Crippen molar-refractivity contribution in [2.75, 3.05) is 10.6 Å². The Labute approximate surface area is 146 Å². The standard InChI is InChI=1S/C18H14F4N2O2/c19-14-4-2-1-3-12(14)17(26)24-15-8-7-11(9-13(15)18(20,21)22)23-16(25)10-5-6-10/h1-4,7-10H,5-6H2,(H,23,25)(H,24,26). The zero-order chi connectivity index (χ0) is 18.9. The third kappa shape index (κ3) is 4.01. The molecule has 4 nitrogen and oxygen atoms in total. The van der Waals surface area contributed by atoms with Gasteiger partial charge in [0.1, 0.15) is 5.82 Å². The van der Waals surface area contributed by atoms with Gasteiger partial charge in [0.2, 0.25) is 5.91 Å². The number of carbonyl (C=O) groups is 2. The molecule has 8 heteroatoms. The molecule has 0 heterocycles. The first-order valence-electron chi connectivity index (χ1n) is 7.83. The van der Waals surface area contributed by atoms with Gasteiger partial charge in [0.25, 0.3) is 5.91 Å². The third-order valence-electron chi connectivity index (χ3n) is 3.91. The Kier molecular flexibility index (Phi) is 4.67. The molecule has 26 heavy (non-hydrogen) atoms. The molecular formula is C18H14F4N2O2. The van der Waals surface area contributed by atoms with Crippen molar-refractivity contribution in [3.05, 3.63) is 59.4 Å². The molecule has 0 radical (unpaired) electrons. The smallest absolute Gasteiger partial charge is 0.326 e. The molecule has 0 unspecified atom stereocenters. The Bertz CT molecular complexity index is 861. The molecule has 0 bridgehead atoms. The molecule has 0 spiro atoms. The number of amides is 2. The predicted octanol–water partition coefficient (Wildman–Crippen LogP) is 4.45. The fourth-order valence-corrected chi connectivity index (χ4v) is 2.39. The van der Waals surface area contributed by atoms with Crippen molar-refractivity contribution in [2.45, 2.75) is 19.0 Å². The minimum Gasteiger partial charge on any atom is -0.326 e. The number of hydrogen-bond donors (Lipinski definition) is 2. The van der Waals surface area contributed by atoms with Crippen molar-refractivity contribution in [3.63, 3.8) is 0 Å². The monoisotopic (exact) mass is 366 g/mol. The lowest BCUT2D eigenvalue weighted by atomic mass is 10.1. The number of rotatable bonds is 4. The van der Waals surface area contributed by atoms with Crippen molar-refractivity contribution in [1.82, 2.24) is 0 Å². The molecule has 1 saturated carbocycles. The lowest BCUT2D eigenvalue weighted by molar-refractivity contribution is -0.137. The summed E-state index contributed by atoms with van der Waals surface area (Å²) >= 11 is 0. The first kappa shape index (κ1) is 17.9. The Hall–Kier alpha value is -2.90. The number of nitrogens with one attached hydrogen (secondary N) is 2. The second kappa shape index (κ2) is 6.78. The predicted molar refractivity (Wildman–Crippen MR) is 87.2 cm³/mol. The second-order valence-corrected chi connectivity index (χ2v) is 5.96. The first-order valence-corrected chi connectivity index (χ1v) is 7.83. The van der Waals surface area contributed by atoms with E-state index in [9.17, 15) is 27.2 Å². The van der Waals surface area contributed by atoms with Gasteiger partial charge in [-0.25, -0.2) is 4.39 Å². The van der Waals surface area contributed by atoms with E-state index < -0.39 is 29.2 Å². The molecule has 0 aliphatic heterocycles. The number of halogens is 4. The van der Waals surface area contributed by atoms with Crippen LogP contribution in [0.3, 0.4) is 0 Å². The first-order chi connectivity index (χ1) is 12.3. The van der Waals surface area contributed by atoms with Crippen molar-refractivity contribution in [2.24, 2.45) is 5.92 Å². The maximum absolute atomic E-state index is 13.6. The van der Waals surface area contributed by atoms with Crippen LogP contribution in [0.5, 0.6) is 0 Å². The van der Waals surface area contributed by atoms with E-state index in [0.29, 0.717) is 0 Å². The Morgan fingerprint density at radius 3 is 2.31 bits per heavy atom. The molecule has 2 N–H and O–H groups in total. The molecule has 0 saturated heterocycles. The Morgan fingerprint density at radius 1 is 1.00 bits per heavy atom. The summed E-state index contributed by atoms with van der Waals surface area (Å²) in [6.07, 6.45) is -3.33. The van der Waals surface area contributed by atoms with E-state index in [0.717, 1.165) is 31.0 Å². The highest BCUT2D eigenvalue weighted by molar-refractivity contribution is 6.05. The number of alkyl halides is 3. The number of carbonyl (C=O) groups excluding carboxylic acids is 2. The van der Waals surface area contributed by atoms with Gasteiger partial charge < -0.3 is 10.6 Å². The van der Waals surface area contributed by atoms with Crippen LogP contribution in [0.25, 0.3) is 0 Å². The largest absolute Gasteiger partial charge is 0.418 e. The summed E-state index contributed by atoms with van der Waals surface area (Å²) in [7, 11) is 0. The molecular weight excluding hydrogens is 352 g/mol. The quantitative estimate of drug-likeness (QED) is 0.786. The summed E-state index contributed by atoms with van der Waals surface area (Å²) in [5.74, 6) is -2.33. The molecule has 2 aromatic rings. The van der Waals surface area contributed by atoms with Crippen LogP contribution in [0.15, 0.2) is 42.5 Å². The molecule has 3 rings (SSSR count). The van der Waals surface area contributed by atoms with E-state index in [2.05, 4.69) is 10.6 Å². The fraction of sp³-hybridized carbons (Fsp3) is 0.222. The molecule has 0 aromatic heterocycles. The highest BCUT2D eigenvalue weighted by Gasteiger charge is 2.35. The van der Waals surface area contributed by atoms with Crippen LogP contribution in [-0.2, 0) is 11.0 Å². The fourth-order valence-electron chi connectivity index (χ4n) is 2.39. The topological polar surface area (TPSA) is 58.2 Å². The van der Waals surface area contributed by atoms with Gasteiger partial charge in [-0.15, -0.1) is 0 Å². The molecule has 1 aliphatic rings. The zero-order valence-electron chi connectivity index (χ0n) is 13.4. The second-order valence-electron chi connectivity index (χ2n) is 5.96. The highest BCUT2D eigenvalue weighted by Crippen LogP contribution is 2.37. The van der Waals surface area contributed by atoms with Gasteiger partial charge in [0.15, 0.2) is 0 Å². The van der Waals surface area contributed by atoms with Gasteiger partial charge in [-0.3, -0.25) is 9.59 Å². The van der Waals surface area contributed by atoms with Gasteiger partial charge in [0.05, 0.1) is 16.8 Å². The van der Waals surface area contributed by atoms with Crippen molar-refractivity contribution < 1.29 is 27.2 Å². The van der Waals surface area contributed by atoms with E-state index in [1.165, 1.54) is 24.3 Å². The van der Waals surface area contributed by atoms with Crippen LogP contribution >= 0.6 is 0 Å². The van der Waals surface area contributed by atoms with Gasteiger partial charge in [-0.1, -0.05) is 12.1 Å². The molecule has 2 aromatic carbocycles. The summed E-state index contributed by atoms with van der Waals surface area (Å²) in [5.41, 5.74) is -2.03. The molecule has 1 aliphatic carbocycles. The van der Waals surface area contributed by atoms with E-state index in [1.54, 1.807) is 0 Å². The normalized spacial score (nSPS) is 14.0. The average Bonchev–Trinajstić information content (AvgIpc) is 3.40. The lowest BCUT2D eigenvalue weighted by Gasteiger charge is -2.16. The summed E-state index contributed by atoms with van der Waals surface area (Å²) in [4.78, 5) is 23.8. The average molecular weight is 366 g/mol.